The minimum Gasteiger partial charge on any atom is -0.314 e. The van der Waals surface area contributed by atoms with E-state index in [0.29, 0.717) is 0 Å². The number of rotatable bonds is 2. The lowest BCUT2D eigenvalue weighted by molar-refractivity contribution is 0.155. The lowest BCUT2D eigenvalue weighted by Gasteiger charge is -2.38. The van der Waals surface area contributed by atoms with E-state index in [1.165, 1.54) is 51.5 Å². The first kappa shape index (κ1) is 11.4. The molecule has 0 spiro atoms. The second-order valence-corrected chi connectivity index (χ2v) is 5.85. The van der Waals surface area contributed by atoms with Crippen molar-refractivity contribution in [1.82, 2.24) is 5.32 Å². The number of nitrogens with one attached hydrogen (secondary N) is 1. The van der Waals surface area contributed by atoms with Gasteiger partial charge in [0, 0.05) is 6.04 Å². The lowest BCUT2D eigenvalue weighted by Crippen LogP contribution is -2.40. The molecule has 1 aliphatic carbocycles. The van der Waals surface area contributed by atoms with E-state index in [0.717, 1.165) is 23.8 Å². The van der Waals surface area contributed by atoms with E-state index >= 15 is 0 Å². The Bertz CT molecular complexity index is 182. The van der Waals surface area contributed by atoms with Gasteiger partial charge in [-0.1, -0.05) is 32.6 Å². The van der Waals surface area contributed by atoms with Gasteiger partial charge in [0.1, 0.15) is 0 Å². The highest BCUT2D eigenvalue weighted by atomic mass is 14.9. The fourth-order valence-electron chi connectivity index (χ4n) is 3.55. The quantitative estimate of drug-likeness (QED) is 0.733. The van der Waals surface area contributed by atoms with Crippen LogP contribution >= 0.6 is 0 Å². The van der Waals surface area contributed by atoms with Crippen LogP contribution in [0.2, 0.25) is 0 Å². The van der Waals surface area contributed by atoms with E-state index in [4.69, 9.17) is 0 Å². The topological polar surface area (TPSA) is 12.0 Å². The average Bonchev–Trinajstić information content (AvgIpc) is 2.30. The van der Waals surface area contributed by atoms with Crippen LogP contribution in [-0.4, -0.2) is 12.6 Å². The van der Waals surface area contributed by atoms with Gasteiger partial charge in [0.2, 0.25) is 0 Å². The van der Waals surface area contributed by atoms with Gasteiger partial charge >= 0.3 is 0 Å². The Labute approximate surface area is 95.0 Å². The first-order chi connectivity index (χ1) is 7.29. The van der Waals surface area contributed by atoms with Gasteiger partial charge in [-0.25, -0.2) is 0 Å². The molecule has 2 rings (SSSR count). The molecule has 2 aliphatic rings. The summed E-state index contributed by atoms with van der Waals surface area (Å²) in [6.45, 7) is 5.99. The third-order valence-electron chi connectivity index (χ3n) is 4.77. The van der Waals surface area contributed by atoms with Gasteiger partial charge in [-0.05, 0) is 50.5 Å². The van der Waals surface area contributed by atoms with Gasteiger partial charge in [-0.2, -0.15) is 0 Å². The highest BCUT2D eigenvalue weighted by molar-refractivity contribution is 4.83. The van der Waals surface area contributed by atoms with Crippen molar-refractivity contribution in [1.29, 1.82) is 0 Å². The molecule has 4 unspecified atom stereocenters. The van der Waals surface area contributed by atoms with Crippen LogP contribution in [0.3, 0.4) is 0 Å². The normalized spacial score (nSPS) is 42.8. The third-order valence-corrected chi connectivity index (χ3v) is 4.77. The van der Waals surface area contributed by atoms with E-state index in [-0.39, 0.29) is 0 Å². The summed E-state index contributed by atoms with van der Waals surface area (Å²) in [6.07, 6.45) is 10.3. The minimum atomic E-state index is 0.770. The molecule has 1 nitrogen and oxygen atoms in total. The summed E-state index contributed by atoms with van der Waals surface area (Å²) in [7, 11) is 0. The van der Waals surface area contributed by atoms with Crippen molar-refractivity contribution in [3.63, 3.8) is 0 Å². The molecule has 4 atom stereocenters. The molecule has 1 heterocycles. The maximum absolute atomic E-state index is 3.66. The first-order valence-corrected chi connectivity index (χ1v) is 7.03. The van der Waals surface area contributed by atoms with Crippen molar-refractivity contribution in [2.24, 2.45) is 17.8 Å². The summed E-state index contributed by atoms with van der Waals surface area (Å²) >= 11 is 0. The van der Waals surface area contributed by atoms with Gasteiger partial charge in [0.05, 0.1) is 0 Å². The van der Waals surface area contributed by atoms with Gasteiger partial charge in [0.25, 0.3) is 0 Å². The van der Waals surface area contributed by atoms with Crippen LogP contribution < -0.4 is 5.32 Å². The zero-order valence-electron chi connectivity index (χ0n) is 10.5. The molecular weight excluding hydrogens is 182 g/mol. The van der Waals surface area contributed by atoms with E-state index in [9.17, 15) is 0 Å². The summed E-state index contributed by atoms with van der Waals surface area (Å²) in [5, 5.41) is 3.66. The fraction of sp³-hybridized carbons (Fsp3) is 1.00. The zero-order valence-corrected chi connectivity index (χ0v) is 10.5. The maximum Gasteiger partial charge on any atom is 0.00389 e. The van der Waals surface area contributed by atoms with E-state index in [2.05, 4.69) is 19.2 Å². The Morgan fingerprint density at radius 3 is 2.60 bits per heavy atom. The van der Waals surface area contributed by atoms with Gasteiger partial charge < -0.3 is 5.32 Å². The summed E-state index contributed by atoms with van der Waals surface area (Å²) in [6, 6.07) is 0.770. The van der Waals surface area contributed by atoms with E-state index < -0.39 is 0 Å². The Morgan fingerprint density at radius 1 is 1.07 bits per heavy atom. The Kier molecular flexibility index (Phi) is 4.07. The Balaban J connectivity index is 1.82. The summed E-state index contributed by atoms with van der Waals surface area (Å²) in [5.41, 5.74) is 0. The smallest absolute Gasteiger partial charge is 0.00389 e. The molecule has 88 valence electrons. The van der Waals surface area contributed by atoms with Crippen LogP contribution in [0, 0.1) is 17.8 Å². The zero-order chi connectivity index (χ0) is 10.7. The van der Waals surface area contributed by atoms with Gasteiger partial charge in [0.15, 0.2) is 0 Å². The van der Waals surface area contributed by atoms with Gasteiger partial charge in [-0.15, -0.1) is 0 Å². The average molecular weight is 209 g/mol. The van der Waals surface area contributed by atoms with Crippen LogP contribution in [0.1, 0.15) is 58.8 Å². The molecule has 1 N–H and O–H groups in total. The van der Waals surface area contributed by atoms with Crippen molar-refractivity contribution < 1.29 is 0 Å². The molecule has 2 fully saturated rings. The molecule has 1 saturated heterocycles. The molecule has 0 radical (unpaired) electrons. The van der Waals surface area contributed by atoms with E-state index in [1.54, 1.807) is 0 Å². The van der Waals surface area contributed by atoms with Crippen molar-refractivity contribution in [2.45, 2.75) is 64.8 Å². The molecule has 1 saturated carbocycles. The number of piperidine rings is 1. The van der Waals surface area contributed by atoms with Crippen LogP contribution in [-0.2, 0) is 0 Å². The van der Waals surface area contributed by atoms with E-state index in [1.807, 2.05) is 0 Å². The molecule has 1 heteroatoms. The second kappa shape index (κ2) is 5.34. The maximum atomic E-state index is 3.66. The highest BCUT2D eigenvalue weighted by Gasteiger charge is 2.29. The Morgan fingerprint density at radius 2 is 1.93 bits per heavy atom. The number of hydrogen-bond acceptors (Lipinski definition) is 1. The summed E-state index contributed by atoms with van der Waals surface area (Å²) < 4.78 is 0. The largest absolute Gasteiger partial charge is 0.314 e. The van der Waals surface area contributed by atoms with Crippen LogP contribution in [0.15, 0.2) is 0 Å². The van der Waals surface area contributed by atoms with Gasteiger partial charge in [-0.3, -0.25) is 0 Å². The third kappa shape index (κ3) is 2.96. The molecule has 0 amide bonds. The van der Waals surface area contributed by atoms with Crippen LogP contribution in [0.4, 0.5) is 0 Å². The van der Waals surface area contributed by atoms with Crippen LogP contribution in [0.5, 0.6) is 0 Å². The molecule has 0 aromatic heterocycles. The SMILES string of the molecule is CCC1CCCC(C2CCC(C)NC2)C1. The minimum absolute atomic E-state index is 0.770. The van der Waals surface area contributed by atoms with Crippen molar-refractivity contribution in [3.05, 3.63) is 0 Å². The number of hydrogen-bond donors (Lipinski definition) is 1. The fourth-order valence-corrected chi connectivity index (χ4v) is 3.55. The van der Waals surface area contributed by atoms with Crippen molar-refractivity contribution >= 4 is 0 Å². The summed E-state index contributed by atoms with van der Waals surface area (Å²) in [5.74, 6) is 3.09. The molecule has 0 aromatic rings. The molecule has 1 aliphatic heterocycles. The molecule has 0 bridgehead atoms. The standard InChI is InChI=1S/C14H27N/c1-3-12-5-4-6-13(9-12)14-8-7-11(2)15-10-14/h11-15H,3-10H2,1-2H3. The predicted octanol–water partition coefficient (Wildman–Crippen LogP) is 3.59. The molecular formula is C14H27N. The molecule has 0 aromatic carbocycles. The first-order valence-electron chi connectivity index (χ1n) is 7.03. The predicted molar refractivity (Wildman–Crippen MR) is 65.9 cm³/mol. The summed E-state index contributed by atoms with van der Waals surface area (Å²) in [4.78, 5) is 0. The monoisotopic (exact) mass is 209 g/mol. The van der Waals surface area contributed by atoms with Crippen LogP contribution in [0.25, 0.3) is 0 Å². The molecule has 15 heavy (non-hydrogen) atoms. The van der Waals surface area contributed by atoms with Crippen molar-refractivity contribution in [3.8, 4) is 0 Å². The van der Waals surface area contributed by atoms with Crippen molar-refractivity contribution in [2.75, 3.05) is 6.54 Å². The lowest BCUT2D eigenvalue weighted by atomic mass is 9.72. The Hall–Kier alpha value is -0.0400. The second-order valence-electron chi connectivity index (χ2n) is 5.85. The highest BCUT2D eigenvalue weighted by Crippen LogP contribution is 2.37.